The molecule has 1 rings (SSSR count). The van der Waals surface area contributed by atoms with Crippen molar-refractivity contribution in [2.45, 2.75) is 0 Å². The van der Waals surface area contributed by atoms with Gasteiger partial charge in [-0.25, -0.2) is 4.21 Å². The molecular weight excluding hydrogens is 146 g/mol. The van der Waals surface area contributed by atoms with Crippen LogP contribution in [0.15, 0.2) is 30.3 Å². The van der Waals surface area contributed by atoms with Crippen LogP contribution in [-0.4, -0.2) is 9.20 Å². The Kier molecular flexibility index (Phi) is 2.36. The predicted molar refractivity (Wildman–Crippen MR) is 42.9 cm³/mol. The van der Waals surface area contributed by atoms with E-state index in [1.807, 2.05) is 18.2 Å². The first-order chi connectivity index (χ1) is 4.84. The lowest BCUT2D eigenvalue weighted by atomic mass is 10.2. The molecule has 0 aliphatic heterocycles. The van der Waals surface area contributed by atoms with Crippen molar-refractivity contribution < 1.29 is 4.21 Å². The molecule has 0 saturated heterocycles. The molecule has 0 aliphatic rings. The molecule has 0 heterocycles. The lowest BCUT2D eigenvalue weighted by molar-refractivity contribution is 0.701. The molecule has 0 atom stereocenters. The molecular formula is C7H7NOS. The van der Waals surface area contributed by atoms with E-state index in [1.54, 1.807) is 12.1 Å². The molecule has 0 unspecified atom stereocenters. The Morgan fingerprint density at radius 1 is 1.30 bits per heavy atom. The van der Waals surface area contributed by atoms with Crippen LogP contribution in [0.25, 0.3) is 0 Å². The van der Waals surface area contributed by atoms with Crippen LogP contribution < -0.4 is 5.73 Å². The minimum atomic E-state index is 0.320. The third kappa shape index (κ3) is 1.52. The molecule has 0 radical (unpaired) electrons. The molecule has 2 N–H and O–H groups in total. The van der Waals surface area contributed by atoms with Gasteiger partial charge in [0.2, 0.25) is 0 Å². The van der Waals surface area contributed by atoms with E-state index < -0.39 is 0 Å². The monoisotopic (exact) mass is 153 g/mol. The number of rotatable bonds is 1. The van der Waals surface area contributed by atoms with Crippen LogP contribution in [0, 0.1) is 0 Å². The van der Waals surface area contributed by atoms with Crippen LogP contribution in [0.5, 0.6) is 0 Å². The number of benzene rings is 1. The third-order valence-electron chi connectivity index (χ3n) is 1.15. The molecule has 2 nitrogen and oxygen atoms in total. The standard InChI is InChI=1S/C7H7NOS/c8-7(10-9)6-4-2-1-3-5-6/h1-5H,8H2. The fourth-order valence-electron chi connectivity index (χ4n) is 0.651. The predicted octanol–water partition coefficient (Wildman–Crippen LogP) is 0.336. The average Bonchev–Trinajstić information content (AvgIpc) is 2.05. The zero-order valence-corrected chi connectivity index (χ0v) is 6.10. The molecule has 52 valence electrons. The van der Waals surface area contributed by atoms with E-state index in [4.69, 9.17) is 5.73 Å². The maximum Gasteiger partial charge on any atom is 0.114 e. The van der Waals surface area contributed by atoms with Crippen LogP contribution in [0.2, 0.25) is 0 Å². The Balaban J connectivity index is 3.08. The van der Waals surface area contributed by atoms with Crippen molar-refractivity contribution >= 4 is 16.2 Å². The van der Waals surface area contributed by atoms with Crippen LogP contribution in [0.4, 0.5) is 0 Å². The van der Waals surface area contributed by atoms with Crippen LogP contribution in [0.3, 0.4) is 0 Å². The van der Waals surface area contributed by atoms with E-state index in [0.29, 0.717) is 16.2 Å². The Morgan fingerprint density at radius 2 is 1.90 bits per heavy atom. The van der Waals surface area contributed by atoms with Gasteiger partial charge >= 0.3 is 0 Å². The van der Waals surface area contributed by atoms with Gasteiger partial charge in [-0.1, -0.05) is 30.3 Å². The molecule has 1 aromatic carbocycles. The molecule has 0 aliphatic carbocycles. The van der Waals surface area contributed by atoms with Gasteiger partial charge in [0.15, 0.2) is 0 Å². The lowest BCUT2D eigenvalue weighted by Gasteiger charge is -1.92. The topological polar surface area (TPSA) is 43.1 Å². The van der Waals surface area contributed by atoms with Crippen molar-refractivity contribution in [2.75, 3.05) is 0 Å². The maximum atomic E-state index is 10.2. The normalized spacial score (nSPS) is 8.90. The summed E-state index contributed by atoms with van der Waals surface area (Å²) in [5.74, 6) is 0. The SMILES string of the molecule is NC(=S=O)c1ccccc1. The average molecular weight is 153 g/mol. The van der Waals surface area contributed by atoms with E-state index in [9.17, 15) is 4.21 Å². The van der Waals surface area contributed by atoms with Crippen molar-refractivity contribution in [3.05, 3.63) is 35.9 Å². The van der Waals surface area contributed by atoms with Crippen LogP contribution >= 0.6 is 0 Å². The summed E-state index contributed by atoms with van der Waals surface area (Å²) >= 11 is 0.322. The highest BCUT2D eigenvalue weighted by Crippen LogP contribution is 1.94. The summed E-state index contributed by atoms with van der Waals surface area (Å²) in [6.07, 6.45) is 0. The van der Waals surface area contributed by atoms with Crippen LogP contribution in [0.1, 0.15) is 5.56 Å². The quantitative estimate of drug-likeness (QED) is 0.591. The van der Waals surface area contributed by atoms with Gasteiger partial charge in [-0.05, 0) is 0 Å². The molecule has 0 fully saturated rings. The Hall–Kier alpha value is -0.930. The highest BCUT2D eigenvalue weighted by molar-refractivity contribution is 7.66. The fraction of sp³-hybridized carbons (Fsp3) is 0. The molecule has 3 heteroatoms. The Morgan fingerprint density at radius 3 is 2.40 bits per heavy atom. The van der Waals surface area contributed by atoms with E-state index in [-0.39, 0.29) is 0 Å². The Labute approximate surface area is 62.7 Å². The molecule has 0 bridgehead atoms. The molecule has 0 aromatic heterocycles. The van der Waals surface area contributed by atoms with Crippen molar-refractivity contribution in [1.82, 2.24) is 0 Å². The second-order valence-corrected chi connectivity index (χ2v) is 2.42. The van der Waals surface area contributed by atoms with Gasteiger partial charge in [-0.15, -0.1) is 0 Å². The summed E-state index contributed by atoms with van der Waals surface area (Å²) in [7, 11) is 0. The molecule has 1 aromatic rings. The number of nitrogens with two attached hydrogens (primary N) is 1. The second-order valence-electron chi connectivity index (χ2n) is 1.81. The van der Waals surface area contributed by atoms with E-state index in [0.717, 1.165) is 5.56 Å². The zero-order chi connectivity index (χ0) is 7.40. The summed E-state index contributed by atoms with van der Waals surface area (Å²) in [5.41, 5.74) is 6.16. The first-order valence-corrected chi connectivity index (χ1v) is 3.56. The zero-order valence-electron chi connectivity index (χ0n) is 5.28. The van der Waals surface area contributed by atoms with Gasteiger partial charge in [0, 0.05) is 5.56 Å². The van der Waals surface area contributed by atoms with Crippen molar-refractivity contribution in [3.8, 4) is 0 Å². The third-order valence-corrected chi connectivity index (χ3v) is 1.56. The lowest BCUT2D eigenvalue weighted by Crippen LogP contribution is -2.11. The van der Waals surface area contributed by atoms with Crippen LogP contribution in [-0.2, 0) is 11.3 Å². The summed E-state index contributed by atoms with van der Waals surface area (Å²) in [5, 5.41) is 0. The summed E-state index contributed by atoms with van der Waals surface area (Å²) in [6.45, 7) is 0. The van der Waals surface area contributed by atoms with Gasteiger partial charge < -0.3 is 0 Å². The van der Waals surface area contributed by atoms with Gasteiger partial charge in [-0.2, -0.15) is 0 Å². The smallest absolute Gasteiger partial charge is 0.114 e. The minimum Gasteiger partial charge on any atom is -0.291 e. The fourth-order valence-corrected chi connectivity index (χ4v) is 0.883. The molecule has 0 spiro atoms. The first kappa shape index (κ1) is 7.18. The maximum absolute atomic E-state index is 10.2. The van der Waals surface area contributed by atoms with Gasteiger partial charge in [0.25, 0.3) is 0 Å². The highest BCUT2D eigenvalue weighted by atomic mass is 32.1. The number of hydrogen-bond acceptors (Lipinski definition) is 1. The van der Waals surface area contributed by atoms with E-state index >= 15 is 0 Å². The van der Waals surface area contributed by atoms with Crippen molar-refractivity contribution in [3.63, 3.8) is 0 Å². The van der Waals surface area contributed by atoms with Gasteiger partial charge in [-0.3, -0.25) is 5.73 Å². The van der Waals surface area contributed by atoms with E-state index in [1.165, 1.54) is 0 Å². The first-order valence-electron chi connectivity index (χ1n) is 2.82. The van der Waals surface area contributed by atoms with Gasteiger partial charge in [0.1, 0.15) is 16.2 Å². The van der Waals surface area contributed by atoms with E-state index in [2.05, 4.69) is 0 Å². The summed E-state index contributed by atoms with van der Waals surface area (Å²) in [6, 6.07) is 9.18. The Bertz CT molecular complexity index is 264. The summed E-state index contributed by atoms with van der Waals surface area (Å²) < 4.78 is 10.2. The highest BCUT2D eigenvalue weighted by Gasteiger charge is 1.91. The molecule has 10 heavy (non-hydrogen) atoms. The molecule has 0 saturated carbocycles. The number of hydrogen-bond donors (Lipinski definition) is 1. The summed E-state index contributed by atoms with van der Waals surface area (Å²) in [4.78, 5) is 0.320. The van der Waals surface area contributed by atoms with Crippen molar-refractivity contribution in [2.24, 2.45) is 5.73 Å². The minimum absolute atomic E-state index is 0.320. The molecule has 0 amide bonds. The largest absolute Gasteiger partial charge is 0.291 e. The van der Waals surface area contributed by atoms with Gasteiger partial charge in [0.05, 0.1) is 0 Å². The second kappa shape index (κ2) is 3.29. The van der Waals surface area contributed by atoms with Crippen molar-refractivity contribution in [1.29, 1.82) is 0 Å².